The van der Waals surface area contributed by atoms with Crippen molar-refractivity contribution in [1.29, 1.82) is 0 Å². The molecule has 0 saturated heterocycles. The number of aromatic nitrogens is 1. The Morgan fingerprint density at radius 2 is 2.22 bits per heavy atom. The van der Waals surface area contributed by atoms with E-state index in [2.05, 4.69) is 10.3 Å². The van der Waals surface area contributed by atoms with E-state index in [0.717, 1.165) is 5.03 Å². The summed E-state index contributed by atoms with van der Waals surface area (Å²) >= 11 is 1.31. The standard InChI is InChI=1S/C11H15N3O3S/c12-8-3-4-10(14-6-8)18-7-9(15)13-5-1-2-11(16)17/h3-4,6H,1-2,5,7,12H2,(H,13,15)(H,16,17). The molecule has 0 radical (unpaired) electrons. The molecule has 0 bridgehead atoms. The predicted octanol–water partition coefficient (Wildman–Crippen LogP) is 0.737. The van der Waals surface area contributed by atoms with Crippen LogP contribution in [0.1, 0.15) is 12.8 Å². The summed E-state index contributed by atoms with van der Waals surface area (Å²) in [5, 5.41) is 11.8. The van der Waals surface area contributed by atoms with Crippen LogP contribution in [0.25, 0.3) is 0 Å². The topological polar surface area (TPSA) is 105 Å². The number of pyridine rings is 1. The summed E-state index contributed by atoms with van der Waals surface area (Å²) in [7, 11) is 0. The lowest BCUT2D eigenvalue weighted by atomic mass is 10.3. The SMILES string of the molecule is Nc1ccc(SCC(=O)NCCCC(=O)O)nc1. The molecule has 1 amide bonds. The molecule has 0 fully saturated rings. The van der Waals surface area contributed by atoms with Crippen LogP contribution in [0, 0.1) is 0 Å². The summed E-state index contributed by atoms with van der Waals surface area (Å²) < 4.78 is 0. The third-order valence-corrected chi connectivity index (χ3v) is 2.94. The van der Waals surface area contributed by atoms with Gasteiger partial charge in [-0.3, -0.25) is 9.59 Å². The van der Waals surface area contributed by atoms with Crippen LogP contribution in [0.3, 0.4) is 0 Å². The van der Waals surface area contributed by atoms with Gasteiger partial charge < -0.3 is 16.2 Å². The van der Waals surface area contributed by atoms with Crippen LogP contribution in [-0.4, -0.2) is 34.3 Å². The van der Waals surface area contributed by atoms with Gasteiger partial charge in [-0.15, -0.1) is 0 Å². The minimum Gasteiger partial charge on any atom is -0.481 e. The van der Waals surface area contributed by atoms with Crippen molar-refractivity contribution in [3.63, 3.8) is 0 Å². The Balaban J connectivity index is 2.17. The van der Waals surface area contributed by atoms with Gasteiger partial charge in [0, 0.05) is 13.0 Å². The van der Waals surface area contributed by atoms with E-state index < -0.39 is 5.97 Å². The monoisotopic (exact) mass is 269 g/mol. The van der Waals surface area contributed by atoms with E-state index in [9.17, 15) is 9.59 Å². The molecule has 0 saturated carbocycles. The van der Waals surface area contributed by atoms with Gasteiger partial charge in [0.1, 0.15) is 0 Å². The summed E-state index contributed by atoms with van der Waals surface area (Å²) in [5.41, 5.74) is 6.07. The lowest BCUT2D eigenvalue weighted by Crippen LogP contribution is -2.26. The lowest BCUT2D eigenvalue weighted by molar-refractivity contribution is -0.137. The van der Waals surface area contributed by atoms with Gasteiger partial charge in [0.25, 0.3) is 0 Å². The van der Waals surface area contributed by atoms with Crippen molar-refractivity contribution in [1.82, 2.24) is 10.3 Å². The minimum absolute atomic E-state index is 0.0624. The van der Waals surface area contributed by atoms with E-state index in [1.165, 1.54) is 18.0 Å². The predicted molar refractivity (Wildman–Crippen MR) is 69.3 cm³/mol. The number of hydrogen-bond acceptors (Lipinski definition) is 5. The van der Waals surface area contributed by atoms with Gasteiger partial charge in [0.05, 0.1) is 22.7 Å². The van der Waals surface area contributed by atoms with Crippen LogP contribution in [-0.2, 0) is 9.59 Å². The van der Waals surface area contributed by atoms with Crippen LogP contribution in [0.4, 0.5) is 5.69 Å². The number of nitrogens with two attached hydrogens (primary N) is 1. The maximum Gasteiger partial charge on any atom is 0.303 e. The smallest absolute Gasteiger partial charge is 0.303 e. The van der Waals surface area contributed by atoms with Gasteiger partial charge in [0.2, 0.25) is 5.91 Å². The molecule has 18 heavy (non-hydrogen) atoms. The zero-order valence-corrected chi connectivity index (χ0v) is 10.6. The quantitative estimate of drug-likeness (QED) is 0.498. The third kappa shape index (κ3) is 6.09. The first-order valence-corrected chi connectivity index (χ1v) is 6.39. The van der Waals surface area contributed by atoms with Crippen molar-refractivity contribution < 1.29 is 14.7 Å². The first-order chi connectivity index (χ1) is 8.58. The number of thioether (sulfide) groups is 1. The molecule has 0 aliphatic rings. The number of nitrogens with zero attached hydrogens (tertiary/aromatic N) is 1. The van der Waals surface area contributed by atoms with Gasteiger partial charge in [-0.25, -0.2) is 4.98 Å². The zero-order valence-electron chi connectivity index (χ0n) is 9.76. The van der Waals surface area contributed by atoms with Crippen LogP contribution in [0.2, 0.25) is 0 Å². The summed E-state index contributed by atoms with van der Waals surface area (Å²) in [5.74, 6) is -0.738. The van der Waals surface area contributed by atoms with Crippen molar-refractivity contribution in [3.05, 3.63) is 18.3 Å². The van der Waals surface area contributed by atoms with E-state index in [1.807, 2.05) is 0 Å². The molecule has 1 aromatic rings. The molecule has 7 heteroatoms. The van der Waals surface area contributed by atoms with Crippen molar-refractivity contribution in [2.75, 3.05) is 18.0 Å². The number of carbonyl (C=O) groups excluding carboxylic acids is 1. The molecule has 0 atom stereocenters. The molecule has 0 spiro atoms. The number of nitrogen functional groups attached to an aromatic ring is 1. The number of carbonyl (C=O) groups is 2. The van der Waals surface area contributed by atoms with Gasteiger partial charge in [-0.1, -0.05) is 11.8 Å². The number of amides is 1. The molecule has 4 N–H and O–H groups in total. The number of carboxylic acid groups (broad SMARTS) is 1. The van der Waals surface area contributed by atoms with Crippen molar-refractivity contribution in [3.8, 4) is 0 Å². The van der Waals surface area contributed by atoms with E-state index in [1.54, 1.807) is 12.1 Å². The summed E-state index contributed by atoms with van der Waals surface area (Å²) in [4.78, 5) is 25.7. The summed E-state index contributed by atoms with van der Waals surface area (Å²) in [6.07, 6.45) is 2.03. The van der Waals surface area contributed by atoms with E-state index in [-0.39, 0.29) is 18.1 Å². The zero-order chi connectivity index (χ0) is 13.4. The second-order valence-electron chi connectivity index (χ2n) is 3.57. The molecule has 0 aliphatic carbocycles. The maximum atomic E-state index is 11.4. The van der Waals surface area contributed by atoms with Gasteiger partial charge in [-0.05, 0) is 18.6 Å². The second kappa shape index (κ2) is 7.54. The molecule has 1 aromatic heterocycles. The molecular weight excluding hydrogens is 254 g/mol. The fraction of sp³-hybridized carbons (Fsp3) is 0.364. The van der Waals surface area contributed by atoms with Crippen molar-refractivity contribution >= 4 is 29.3 Å². The molecule has 0 aliphatic heterocycles. The van der Waals surface area contributed by atoms with Crippen LogP contribution < -0.4 is 11.1 Å². The highest BCUT2D eigenvalue weighted by atomic mass is 32.2. The average molecular weight is 269 g/mol. The Labute approximate surface area is 109 Å². The Bertz CT molecular complexity index is 408. The van der Waals surface area contributed by atoms with E-state index >= 15 is 0 Å². The van der Waals surface area contributed by atoms with E-state index in [4.69, 9.17) is 10.8 Å². The molecule has 98 valence electrons. The third-order valence-electron chi connectivity index (χ3n) is 2.00. The average Bonchev–Trinajstić information content (AvgIpc) is 2.34. The molecule has 6 nitrogen and oxygen atoms in total. The first kappa shape index (κ1) is 14.3. The Hall–Kier alpha value is -1.76. The van der Waals surface area contributed by atoms with Gasteiger partial charge in [-0.2, -0.15) is 0 Å². The van der Waals surface area contributed by atoms with Crippen molar-refractivity contribution in [2.24, 2.45) is 0 Å². The maximum absolute atomic E-state index is 11.4. The first-order valence-electron chi connectivity index (χ1n) is 5.41. The fourth-order valence-electron chi connectivity index (χ4n) is 1.14. The summed E-state index contributed by atoms with van der Waals surface area (Å²) in [6, 6.07) is 3.47. The Morgan fingerprint density at radius 3 is 2.83 bits per heavy atom. The highest BCUT2D eigenvalue weighted by Gasteiger charge is 2.03. The molecule has 0 aromatic carbocycles. The fourth-order valence-corrected chi connectivity index (χ4v) is 1.81. The molecular formula is C11H15N3O3S. The van der Waals surface area contributed by atoms with E-state index in [0.29, 0.717) is 18.7 Å². The number of carboxylic acids is 1. The molecule has 1 heterocycles. The number of nitrogens with one attached hydrogen (secondary N) is 1. The highest BCUT2D eigenvalue weighted by Crippen LogP contribution is 2.15. The molecule has 1 rings (SSSR count). The minimum atomic E-state index is -0.857. The number of rotatable bonds is 7. The van der Waals surface area contributed by atoms with Gasteiger partial charge in [0.15, 0.2) is 0 Å². The Morgan fingerprint density at radius 1 is 1.44 bits per heavy atom. The number of aliphatic carboxylic acids is 1. The highest BCUT2D eigenvalue weighted by molar-refractivity contribution is 7.99. The number of anilines is 1. The van der Waals surface area contributed by atoms with Crippen LogP contribution in [0.15, 0.2) is 23.4 Å². The van der Waals surface area contributed by atoms with Gasteiger partial charge >= 0.3 is 5.97 Å². The second-order valence-corrected chi connectivity index (χ2v) is 4.56. The largest absolute Gasteiger partial charge is 0.481 e. The van der Waals surface area contributed by atoms with Crippen LogP contribution >= 0.6 is 11.8 Å². The summed E-state index contributed by atoms with van der Waals surface area (Å²) in [6.45, 7) is 0.376. The normalized spacial score (nSPS) is 10.0. The molecule has 0 unspecified atom stereocenters. The van der Waals surface area contributed by atoms with Crippen molar-refractivity contribution in [2.45, 2.75) is 17.9 Å². The Kier molecular flexibility index (Phi) is 5.99. The number of hydrogen-bond donors (Lipinski definition) is 3. The lowest BCUT2D eigenvalue weighted by Gasteiger charge is -2.03. The van der Waals surface area contributed by atoms with Crippen LogP contribution in [0.5, 0.6) is 0 Å².